The van der Waals surface area contributed by atoms with E-state index in [-0.39, 0.29) is 17.7 Å². The monoisotopic (exact) mass is 333 g/mol. The van der Waals surface area contributed by atoms with E-state index in [0.29, 0.717) is 24.1 Å². The Morgan fingerprint density at radius 1 is 1.08 bits per heavy atom. The molecular weight excluding hydrogens is 314 g/mol. The molecule has 1 aliphatic heterocycles. The molecule has 0 spiro atoms. The summed E-state index contributed by atoms with van der Waals surface area (Å²) in [5.41, 5.74) is 2.15. The quantitative estimate of drug-likeness (QED) is 0.689. The van der Waals surface area contributed by atoms with Gasteiger partial charge in [-0.15, -0.1) is 0 Å². The van der Waals surface area contributed by atoms with Crippen LogP contribution in [0.1, 0.15) is 40.0 Å². The molecule has 1 aliphatic rings. The number of ketones is 1. The van der Waals surface area contributed by atoms with Crippen LogP contribution in [-0.4, -0.2) is 38.6 Å². The first-order valence-corrected chi connectivity index (χ1v) is 8.54. The van der Waals surface area contributed by atoms with Crippen molar-refractivity contribution in [3.8, 4) is 0 Å². The van der Waals surface area contributed by atoms with Gasteiger partial charge < -0.3 is 9.30 Å². The SMILES string of the molecule is O=C(C[C@@H]1CCCN1C(=O)c1ccc2nccn2c1)c1ccccc1. The molecule has 0 N–H and O–H groups in total. The Morgan fingerprint density at radius 2 is 1.92 bits per heavy atom. The molecule has 0 aliphatic carbocycles. The molecule has 0 bridgehead atoms. The third-order valence-electron chi connectivity index (χ3n) is 4.79. The van der Waals surface area contributed by atoms with Crippen LogP contribution in [0, 0.1) is 0 Å². The van der Waals surface area contributed by atoms with Crippen LogP contribution in [0.3, 0.4) is 0 Å². The summed E-state index contributed by atoms with van der Waals surface area (Å²) in [6.07, 6.45) is 7.53. The number of hydrogen-bond acceptors (Lipinski definition) is 3. The van der Waals surface area contributed by atoms with Gasteiger partial charge in [0.15, 0.2) is 5.78 Å². The number of aromatic nitrogens is 2. The summed E-state index contributed by atoms with van der Waals surface area (Å²) in [4.78, 5) is 31.5. The van der Waals surface area contributed by atoms with E-state index < -0.39 is 0 Å². The minimum Gasteiger partial charge on any atom is -0.335 e. The van der Waals surface area contributed by atoms with E-state index in [9.17, 15) is 9.59 Å². The predicted octanol–water partition coefficient (Wildman–Crippen LogP) is 3.21. The summed E-state index contributed by atoms with van der Waals surface area (Å²) >= 11 is 0. The van der Waals surface area contributed by atoms with Crippen LogP contribution in [0.15, 0.2) is 61.1 Å². The third kappa shape index (κ3) is 3.05. The van der Waals surface area contributed by atoms with Crippen molar-refractivity contribution < 1.29 is 9.59 Å². The van der Waals surface area contributed by atoms with Crippen LogP contribution < -0.4 is 0 Å². The topological polar surface area (TPSA) is 54.7 Å². The van der Waals surface area contributed by atoms with E-state index >= 15 is 0 Å². The normalized spacial score (nSPS) is 17.1. The van der Waals surface area contributed by atoms with Crippen LogP contribution in [0.5, 0.6) is 0 Å². The Labute approximate surface area is 145 Å². The fourth-order valence-electron chi connectivity index (χ4n) is 3.48. The van der Waals surface area contributed by atoms with Gasteiger partial charge in [-0.25, -0.2) is 4.98 Å². The predicted molar refractivity (Wildman–Crippen MR) is 94.6 cm³/mol. The summed E-state index contributed by atoms with van der Waals surface area (Å²) < 4.78 is 1.84. The number of fused-ring (bicyclic) bond motifs is 1. The smallest absolute Gasteiger partial charge is 0.255 e. The molecule has 1 amide bonds. The molecule has 5 nitrogen and oxygen atoms in total. The summed E-state index contributed by atoms with van der Waals surface area (Å²) in [5.74, 6) is 0.0781. The van der Waals surface area contributed by atoms with E-state index in [1.165, 1.54) is 0 Å². The number of hydrogen-bond donors (Lipinski definition) is 0. The lowest BCUT2D eigenvalue weighted by Gasteiger charge is -2.24. The Kier molecular flexibility index (Phi) is 4.06. The van der Waals surface area contributed by atoms with Gasteiger partial charge in [-0.1, -0.05) is 30.3 Å². The highest BCUT2D eigenvalue weighted by Crippen LogP contribution is 2.24. The third-order valence-corrected chi connectivity index (χ3v) is 4.79. The summed E-state index contributed by atoms with van der Waals surface area (Å²) in [7, 11) is 0. The first-order valence-electron chi connectivity index (χ1n) is 8.54. The second kappa shape index (κ2) is 6.51. The molecule has 1 aromatic carbocycles. The van der Waals surface area contributed by atoms with Gasteiger partial charge in [0.25, 0.3) is 5.91 Å². The summed E-state index contributed by atoms with van der Waals surface area (Å²) in [6, 6.07) is 12.9. The molecule has 4 rings (SSSR count). The Balaban J connectivity index is 1.52. The van der Waals surface area contributed by atoms with Crippen LogP contribution in [0.25, 0.3) is 5.65 Å². The van der Waals surface area contributed by atoms with Crippen LogP contribution in [0.2, 0.25) is 0 Å². The van der Waals surface area contributed by atoms with Crippen molar-refractivity contribution in [3.63, 3.8) is 0 Å². The zero-order valence-electron chi connectivity index (χ0n) is 13.8. The van der Waals surface area contributed by atoms with Crippen molar-refractivity contribution in [1.82, 2.24) is 14.3 Å². The molecule has 2 aromatic heterocycles. The van der Waals surface area contributed by atoms with Crippen molar-refractivity contribution in [2.24, 2.45) is 0 Å². The number of rotatable bonds is 4. The maximum absolute atomic E-state index is 12.9. The van der Waals surface area contributed by atoms with Gasteiger partial charge in [0.05, 0.1) is 5.56 Å². The second-order valence-corrected chi connectivity index (χ2v) is 6.40. The minimum absolute atomic E-state index is 0.0149. The van der Waals surface area contributed by atoms with Gasteiger partial charge in [0, 0.05) is 43.2 Å². The Morgan fingerprint density at radius 3 is 2.76 bits per heavy atom. The van der Waals surface area contributed by atoms with E-state index in [0.717, 1.165) is 18.5 Å². The molecule has 3 aromatic rings. The number of benzene rings is 1. The fraction of sp³-hybridized carbons (Fsp3) is 0.250. The largest absolute Gasteiger partial charge is 0.335 e. The number of amides is 1. The lowest BCUT2D eigenvalue weighted by molar-refractivity contribution is 0.0716. The zero-order valence-corrected chi connectivity index (χ0v) is 13.8. The molecule has 1 fully saturated rings. The fourth-order valence-corrected chi connectivity index (χ4v) is 3.48. The highest BCUT2D eigenvalue weighted by atomic mass is 16.2. The first kappa shape index (κ1) is 15.6. The number of carbonyl (C=O) groups is 2. The van der Waals surface area contributed by atoms with Gasteiger partial charge in [0.1, 0.15) is 5.65 Å². The number of Topliss-reactive ketones (excluding diaryl/α,β-unsaturated/α-hetero) is 1. The summed E-state index contributed by atoms with van der Waals surface area (Å²) in [6.45, 7) is 0.702. The lowest BCUT2D eigenvalue weighted by atomic mass is 10.0. The standard InChI is InChI=1S/C20H19N3O2/c24-18(15-5-2-1-3-6-15)13-17-7-4-11-23(17)20(25)16-8-9-19-21-10-12-22(19)14-16/h1-3,5-6,8-10,12,14,17H,4,7,11,13H2/t17-/m0/s1. The molecule has 0 unspecified atom stereocenters. The highest BCUT2D eigenvalue weighted by molar-refractivity contribution is 5.98. The van der Waals surface area contributed by atoms with Crippen molar-refractivity contribution in [1.29, 1.82) is 0 Å². The van der Waals surface area contributed by atoms with Crippen LogP contribution in [0.4, 0.5) is 0 Å². The summed E-state index contributed by atoms with van der Waals surface area (Å²) in [5, 5.41) is 0. The molecule has 1 atom stereocenters. The number of nitrogens with zero attached hydrogens (tertiary/aromatic N) is 3. The Hall–Kier alpha value is -2.95. The zero-order chi connectivity index (χ0) is 17.2. The molecule has 0 radical (unpaired) electrons. The molecule has 3 heterocycles. The molecule has 0 saturated carbocycles. The van der Waals surface area contributed by atoms with E-state index in [4.69, 9.17) is 0 Å². The molecule has 1 saturated heterocycles. The van der Waals surface area contributed by atoms with Crippen LogP contribution in [-0.2, 0) is 0 Å². The number of likely N-dealkylation sites (tertiary alicyclic amines) is 1. The van der Waals surface area contributed by atoms with Crippen molar-refractivity contribution in [2.45, 2.75) is 25.3 Å². The van der Waals surface area contributed by atoms with Crippen molar-refractivity contribution >= 4 is 17.3 Å². The minimum atomic E-state index is -0.0290. The lowest BCUT2D eigenvalue weighted by Crippen LogP contribution is -2.37. The average molecular weight is 333 g/mol. The number of carbonyl (C=O) groups excluding carboxylic acids is 2. The molecule has 126 valence electrons. The van der Waals surface area contributed by atoms with Gasteiger partial charge in [0.2, 0.25) is 0 Å². The van der Waals surface area contributed by atoms with Gasteiger partial charge in [-0.2, -0.15) is 0 Å². The van der Waals surface area contributed by atoms with Gasteiger partial charge >= 0.3 is 0 Å². The van der Waals surface area contributed by atoms with E-state index in [1.54, 1.807) is 18.5 Å². The van der Waals surface area contributed by atoms with E-state index in [1.807, 2.05) is 51.9 Å². The molecular formula is C20H19N3O2. The van der Waals surface area contributed by atoms with Crippen molar-refractivity contribution in [2.75, 3.05) is 6.54 Å². The van der Waals surface area contributed by atoms with E-state index in [2.05, 4.69) is 4.98 Å². The maximum atomic E-state index is 12.9. The Bertz CT molecular complexity index is 917. The average Bonchev–Trinajstić information content (AvgIpc) is 3.30. The molecule has 5 heteroatoms. The van der Waals surface area contributed by atoms with Crippen LogP contribution >= 0.6 is 0 Å². The van der Waals surface area contributed by atoms with Gasteiger partial charge in [-0.05, 0) is 25.0 Å². The second-order valence-electron chi connectivity index (χ2n) is 6.40. The number of pyridine rings is 1. The van der Waals surface area contributed by atoms with Gasteiger partial charge in [-0.3, -0.25) is 9.59 Å². The van der Waals surface area contributed by atoms with Crippen molar-refractivity contribution in [3.05, 3.63) is 72.2 Å². The maximum Gasteiger partial charge on any atom is 0.255 e. The first-order chi connectivity index (χ1) is 12.2. The molecule has 25 heavy (non-hydrogen) atoms. The highest BCUT2D eigenvalue weighted by Gasteiger charge is 2.31. The number of imidazole rings is 1.